The standard InChI is InChI=1S/C15H22O3/c1-10-5-6-11-14(2,9-12(16)17)7-4-8-15(11,3)13(10)18/h4-5,7,11-12,16-17H,6,8-9H2,1-3H3. The summed E-state index contributed by atoms with van der Waals surface area (Å²) >= 11 is 0. The van der Waals surface area contributed by atoms with Gasteiger partial charge in [0.05, 0.1) is 0 Å². The van der Waals surface area contributed by atoms with Crippen molar-refractivity contribution in [3.63, 3.8) is 0 Å². The van der Waals surface area contributed by atoms with Crippen LogP contribution in [0.25, 0.3) is 0 Å². The highest BCUT2D eigenvalue weighted by molar-refractivity contribution is 6.00. The van der Waals surface area contributed by atoms with Crippen LogP contribution < -0.4 is 0 Å². The molecule has 3 nitrogen and oxygen atoms in total. The van der Waals surface area contributed by atoms with E-state index in [2.05, 4.69) is 6.08 Å². The van der Waals surface area contributed by atoms with E-state index >= 15 is 0 Å². The molecular weight excluding hydrogens is 228 g/mol. The van der Waals surface area contributed by atoms with Gasteiger partial charge in [0.1, 0.15) is 0 Å². The van der Waals surface area contributed by atoms with Crippen molar-refractivity contribution in [1.29, 1.82) is 0 Å². The van der Waals surface area contributed by atoms with Crippen molar-refractivity contribution >= 4 is 5.78 Å². The average molecular weight is 250 g/mol. The molecule has 0 amide bonds. The zero-order valence-electron chi connectivity index (χ0n) is 11.3. The molecule has 3 unspecified atom stereocenters. The van der Waals surface area contributed by atoms with Crippen LogP contribution in [0.15, 0.2) is 23.8 Å². The molecule has 0 aliphatic heterocycles. The van der Waals surface area contributed by atoms with E-state index in [0.717, 1.165) is 18.4 Å². The van der Waals surface area contributed by atoms with Gasteiger partial charge < -0.3 is 10.2 Å². The fourth-order valence-electron chi connectivity index (χ4n) is 3.78. The Balaban J connectivity index is 2.41. The predicted octanol–water partition coefficient (Wildman–Crippen LogP) is 2.20. The van der Waals surface area contributed by atoms with Gasteiger partial charge in [-0.2, -0.15) is 0 Å². The molecule has 0 aromatic carbocycles. The van der Waals surface area contributed by atoms with Crippen molar-refractivity contribution in [1.82, 2.24) is 0 Å². The van der Waals surface area contributed by atoms with Gasteiger partial charge in [-0.3, -0.25) is 4.79 Å². The molecule has 0 heterocycles. The fraction of sp³-hybridized carbons (Fsp3) is 0.667. The van der Waals surface area contributed by atoms with E-state index in [1.165, 1.54) is 0 Å². The van der Waals surface area contributed by atoms with Crippen LogP contribution in [0.1, 0.15) is 40.0 Å². The Morgan fingerprint density at radius 3 is 2.72 bits per heavy atom. The minimum absolute atomic E-state index is 0.146. The van der Waals surface area contributed by atoms with Crippen molar-refractivity contribution in [2.75, 3.05) is 0 Å². The first-order chi connectivity index (χ1) is 8.29. The summed E-state index contributed by atoms with van der Waals surface area (Å²) in [7, 11) is 0. The van der Waals surface area contributed by atoms with E-state index in [4.69, 9.17) is 0 Å². The van der Waals surface area contributed by atoms with Gasteiger partial charge in [0.25, 0.3) is 0 Å². The molecule has 3 atom stereocenters. The number of Topliss-reactive ketones (excluding diaryl/α,β-unsaturated/α-hetero) is 1. The number of hydrogen-bond acceptors (Lipinski definition) is 3. The molecule has 0 saturated heterocycles. The first kappa shape index (κ1) is 13.5. The van der Waals surface area contributed by atoms with Gasteiger partial charge in [0.15, 0.2) is 12.1 Å². The maximum absolute atomic E-state index is 12.4. The summed E-state index contributed by atoms with van der Waals surface area (Å²) in [5.74, 6) is 0.356. The maximum atomic E-state index is 12.4. The van der Waals surface area contributed by atoms with Crippen molar-refractivity contribution in [3.05, 3.63) is 23.8 Å². The molecule has 2 N–H and O–H groups in total. The highest BCUT2D eigenvalue weighted by Crippen LogP contribution is 2.54. The van der Waals surface area contributed by atoms with Gasteiger partial charge in [-0.1, -0.05) is 32.1 Å². The zero-order chi connectivity index (χ0) is 13.6. The van der Waals surface area contributed by atoms with E-state index in [1.807, 2.05) is 32.9 Å². The minimum atomic E-state index is -1.33. The first-order valence-corrected chi connectivity index (χ1v) is 6.55. The van der Waals surface area contributed by atoms with E-state index < -0.39 is 11.7 Å². The van der Waals surface area contributed by atoms with Gasteiger partial charge in [0.2, 0.25) is 0 Å². The molecule has 2 rings (SSSR count). The fourth-order valence-corrected chi connectivity index (χ4v) is 3.78. The second-order valence-corrected chi connectivity index (χ2v) is 6.22. The molecular formula is C15H22O3. The van der Waals surface area contributed by atoms with Crippen LogP contribution >= 0.6 is 0 Å². The number of aliphatic hydroxyl groups is 2. The Hall–Kier alpha value is -0.930. The van der Waals surface area contributed by atoms with E-state index in [1.54, 1.807) is 0 Å². The molecule has 18 heavy (non-hydrogen) atoms. The van der Waals surface area contributed by atoms with Crippen LogP contribution in [0.3, 0.4) is 0 Å². The SMILES string of the molecule is CC1=CCC2C(C)(CC(O)O)C=CCC2(C)C1=O. The number of fused-ring (bicyclic) bond motifs is 1. The predicted molar refractivity (Wildman–Crippen MR) is 69.7 cm³/mol. The summed E-state index contributed by atoms with van der Waals surface area (Å²) < 4.78 is 0. The number of allylic oxidation sites excluding steroid dienone is 4. The Kier molecular flexibility index (Phi) is 3.24. The highest BCUT2D eigenvalue weighted by Gasteiger charge is 2.52. The Labute approximate surface area is 108 Å². The summed E-state index contributed by atoms with van der Waals surface area (Å²) in [6.07, 6.45) is 6.61. The largest absolute Gasteiger partial charge is 0.368 e. The molecule has 0 aromatic rings. The second-order valence-electron chi connectivity index (χ2n) is 6.22. The number of rotatable bonds is 2. The number of hydrogen-bond donors (Lipinski definition) is 2. The monoisotopic (exact) mass is 250 g/mol. The highest BCUT2D eigenvalue weighted by atomic mass is 16.5. The molecule has 0 bridgehead atoms. The van der Waals surface area contributed by atoms with Crippen LogP contribution in [0.4, 0.5) is 0 Å². The molecule has 0 fully saturated rings. The van der Waals surface area contributed by atoms with Gasteiger partial charge in [0, 0.05) is 11.8 Å². The van der Waals surface area contributed by atoms with Gasteiger partial charge >= 0.3 is 0 Å². The lowest BCUT2D eigenvalue weighted by Gasteiger charge is -2.50. The molecule has 2 aliphatic rings. The van der Waals surface area contributed by atoms with Crippen LogP contribution in [0.2, 0.25) is 0 Å². The normalized spacial score (nSPS) is 39.8. The van der Waals surface area contributed by atoms with Crippen LogP contribution in [0.5, 0.6) is 0 Å². The van der Waals surface area contributed by atoms with Gasteiger partial charge in [-0.15, -0.1) is 0 Å². The van der Waals surface area contributed by atoms with Gasteiger partial charge in [-0.25, -0.2) is 0 Å². The smallest absolute Gasteiger partial charge is 0.164 e. The summed E-state index contributed by atoms with van der Waals surface area (Å²) in [5, 5.41) is 18.6. The third-order valence-corrected chi connectivity index (χ3v) is 4.76. The van der Waals surface area contributed by atoms with Crippen LogP contribution in [0, 0.1) is 16.7 Å². The first-order valence-electron chi connectivity index (χ1n) is 6.55. The summed E-state index contributed by atoms with van der Waals surface area (Å²) in [4.78, 5) is 12.4. The topological polar surface area (TPSA) is 57.5 Å². The molecule has 3 heteroatoms. The van der Waals surface area contributed by atoms with E-state index in [9.17, 15) is 15.0 Å². The quantitative estimate of drug-likeness (QED) is 0.583. The molecule has 100 valence electrons. The molecule has 0 aromatic heterocycles. The van der Waals surface area contributed by atoms with Crippen LogP contribution in [-0.2, 0) is 4.79 Å². The lowest BCUT2D eigenvalue weighted by atomic mass is 9.52. The second kappa shape index (κ2) is 4.32. The Morgan fingerprint density at radius 1 is 1.44 bits per heavy atom. The van der Waals surface area contributed by atoms with Crippen molar-refractivity contribution in [2.45, 2.75) is 46.3 Å². The number of aliphatic hydroxyl groups excluding tert-OH is 1. The summed E-state index contributed by atoms with van der Waals surface area (Å²) in [6, 6.07) is 0. The van der Waals surface area contributed by atoms with Crippen molar-refractivity contribution < 1.29 is 15.0 Å². The summed E-state index contributed by atoms with van der Waals surface area (Å²) in [5.41, 5.74) is 0.126. The molecule has 2 aliphatic carbocycles. The Morgan fingerprint density at radius 2 is 2.11 bits per heavy atom. The van der Waals surface area contributed by atoms with Crippen LogP contribution in [-0.4, -0.2) is 22.3 Å². The molecule has 0 radical (unpaired) electrons. The third kappa shape index (κ3) is 1.95. The van der Waals surface area contributed by atoms with E-state index in [-0.39, 0.29) is 23.5 Å². The van der Waals surface area contributed by atoms with E-state index in [0.29, 0.717) is 0 Å². The van der Waals surface area contributed by atoms with Crippen molar-refractivity contribution in [3.8, 4) is 0 Å². The molecule has 0 saturated carbocycles. The number of carbonyl (C=O) groups is 1. The number of carbonyl (C=O) groups excluding carboxylic acids is 1. The molecule has 0 spiro atoms. The summed E-state index contributed by atoms with van der Waals surface area (Å²) in [6.45, 7) is 5.91. The maximum Gasteiger partial charge on any atom is 0.164 e. The third-order valence-electron chi connectivity index (χ3n) is 4.76. The number of ketones is 1. The van der Waals surface area contributed by atoms with Gasteiger partial charge in [-0.05, 0) is 36.7 Å². The lowest BCUT2D eigenvalue weighted by Crippen LogP contribution is -2.49. The Bertz CT molecular complexity index is 421. The average Bonchev–Trinajstić information content (AvgIpc) is 2.24. The lowest BCUT2D eigenvalue weighted by molar-refractivity contribution is -0.134. The van der Waals surface area contributed by atoms with Crippen molar-refractivity contribution in [2.24, 2.45) is 16.7 Å². The minimum Gasteiger partial charge on any atom is -0.368 e. The zero-order valence-corrected chi connectivity index (χ0v) is 11.3.